The minimum atomic E-state index is -4.42. The summed E-state index contributed by atoms with van der Waals surface area (Å²) in [4.78, 5) is 0. The number of aryl methyl sites for hydroxylation is 3. The summed E-state index contributed by atoms with van der Waals surface area (Å²) in [6, 6.07) is 9.55. The van der Waals surface area contributed by atoms with Gasteiger partial charge in [-0.25, -0.2) is 0 Å². The van der Waals surface area contributed by atoms with E-state index in [0.29, 0.717) is 36.9 Å². The Bertz CT molecular complexity index is 1160. The number of anilines is 1. The summed E-state index contributed by atoms with van der Waals surface area (Å²) < 4.78 is 42.6. The highest BCUT2D eigenvalue weighted by Crippen LogP contribution is 2.42. The first-order chi connectivity index (χ1) is 16.1. The van der Waals surface area contributed by atoms with Crippen LogP contribution in [0.4, 0.5) is 18.9 Å². The molecule has 2 aromatic heterocycles. The monoisotopic (exact) mass is 490 g/mol. The molecule has 182 valence electrons. The Balaban J connectivity index is 1.30. The zero-order valence-corrected chi connectivity index (χ0v) is 20.4. The summed E-state index contributed by atoms with van der Waals surface area (Å²) in [5.74, 6) is 0.196. The summed E-state index contributed by atoms with van der Waals surface area (Å²) >= 11 is 5.44. The van der Waals surface area contributed by atoms with Crippen molar-refractivity contribution in [3.63, 3.8) is 0 Å². The Kier molecular flexibility index (Phi) is 6.97. The van der Waals surface area contributed by atoms with Crippen LogP contribution in [0.5, 0.6) is 0 Å². The van der Waals surface area contributed by atoms with Crippen molar-refractivity contribution in [1.82, 2.24) is 24.9 Å². The fraction of sp³-hybridized carbons (Fsp3) is 0.458. The van der Waals surface area contributed by atoms with Crippen molar-refractivity contribution in [3.8, 4) is 0 Å². The number of halogens is 3. The third-order valence-electron chi connectivity index (χ3n) is 6.00. The third kappa shape index (κ3) is 5.78. The molecule has 0 unspecified atom stereocenters. The van der Waals surface area contributed by atoms with Crippen molar-refractivity contribution in [3.05, 3.63) is 64.2 Å². The number of nitrogens with one attached hydrogen (secondary N) is 2. The van der Waals surface area contributed by atoms with Crippen molar-refractivity contribution in [2.75, 3.05) is 11.9 Å². The van der Waals surface area contributed by atoms with Crippen molar-refractivity contribution in [2.45, 2.75) is 65.2 Å². The Morgan fingerprint density at radius 2 is 1.79 bits per heavy atom. The lowest BCUT2D eigenvalue weighted by atomic mass is 10.1. The van der Waals surface area contributed by atoms with E-state index in [4.69, 9.17) is 12.2 Å². The molecule has 1 saturated carbocycles. The summed E-state index contributed by atoms with van der Waals surface area (Å²) in [7, 11) is 0. The Labute approximate surface area is 202 Å². The SMILES string of the molecule is Cc1ccc(Cn2nc(C)c(NC(=S)NCCCn3nc(C(F)(F)F)cc3C3CC3)c2C)cc1. The highest BCUT2D eigenvalue weighted by molar-refractivity contribution is 7.80. The number of aromatic nitrogens is 4. The molecular weight excluding hydrogens is 461 g/mol. The van der Waals surface area contributed by atoms with E-state index in [1.807, 2.05) is 18.5 Å². The van der Waals surface area contributed by atoms with Gasteiger partial charge in [0.05, 0.1) is 23.6 Å². The van der Waals surface area contributed by atoms with Gasteiger partial charge in [-0.05, 0) is 63.9 Å². The van der Waals surface area contributed by atoms with Gasteiger partial charge in [0.25, 0.3) is 0 Å². The van der Waals surface area contributed by atoms with Crippen LogP contribution in [0.2, 0.25) is 0 Å². The van der Waals surface area contributed by atoms with E-state index >= 15 is 0 Å². The van der Waals surface area contributed by atoms with E-state index in [0.717, 1.165) is 29.9 Å². The molecule has 1 aliphatic rings. The second-order valence-electron chi connectivity index (χ2n) is 8.87. The maximum absolute atomic E-state index is 13.1. The number of rotatable bonds is 8. The molecule has 0 spiro atoms. The number of nitrogens with zero attached hydrogens (tertiary/aromatic N) is 4. The number of alkyl halides is 3. The smallest absolute Gasteiger partial charge is 0.362 e. The lowest BCUT2D eigenvalue weighted by Gasteiger charge is -2.12. The largest absolute Gasteiger partial charge is 0.435 e. The van der Waals surface area contributed by atoms with Crippen LogP contribution in [0.3, 0.4) is 0 Å². The molecule has 6 nitrogen and oxygen atoms in total. The predicted octanol–water partition coefficient (Wildman–Crippen LogP) is 5.33. The van der Waals surface area contributed by atoms with Crippen molar-refractivity contribution >= 4 is 23.0 Å². The van der Waals surface area contributed by atoms with Gasteiger partial charge in [0.15, 0.2) is 10.8 Å². The lowest BCUT2D eigenvalue weighted by molar-refractivity contribution is -0.141. The fourth-order valence-corrected chi connectivity index (χ4v) is 4.15. The van der Waals surface area contributed by atoms with Crippen LogP contribution in [0.25, 0.3) is 0 Å². The van der Waals surface area contributed by atoms with Gasteiger partial charge in [-0.15, -0.1) is 0 Å². The van der Waals surface area contributed by atoms with Crippen LogP contribution in [0, 0.1) is 20.8 Å². The molecule has 10 heteroatoms. The van der Waals surface area contributed by atoms with Gasteiger partial charge in [0, 0.05) is 24.7 Å². The van der Waals surface area contributed by atoms with Gasteiger partial charge >= 0.3 is 6.18 Å². The number of hydrogen-bond acceptors (Lipinski definition) is 3. The van der Waals surface area contributed by atoms with Crippen LogP contribution in [-0.2, 0) is 19.3 Å². The average molecular weight is 491 g/mol. The van der Waals surface area contributed by atoms with E-state index in [1.165, 1.54) is 21.9 Å². The Hall–Kier alpha value is -2.88. The second kappa shape index (κ2) is 9.77. The fourth-order valence-electron chi connectivity index (χ4n) is 3.94. The molecule has 4 rings (SSSR count). The first kappa shape index (κ1) is 24.3. The number of benzene rings is 1. The summed E-state index contributed by atoms with van der Waals surface area (Å²) in [5, 5.41) is 15.3. The molecule has 1 fully saturated rings. The molecule has 0 atom stereocenters. The first-order valence-electron chi connectivity index (χ1n) is 11.4. The van der Waals surface area contributed by atoms with Gasteiger partial charge in [-0.2, -0.15) is 23.4 Å². The molecule has 1 aromatic carbocycles. The molecule has 3 aromatic rings. The molecule has 2 heterocycles. The molecule has 0 aliphatic heterocycles. The minimum absolute atomic E-state index is 0.196. The molecule has 0 saturated heterocycles. The van der Waals surface area contributed by atoms with E-state index < -0.39 is 11.9 Å². The molecule has 0 bridgehead atoms. The minimum Gasteiger partial charge on any atom is -0.362 e. The van der Waals surface area contributed by atoms with E-state index in [-0.39, 0.29) is 5.92 Å². The Morgan fingerprint density at radius 3 is 2.44 bits per heavy atom. The zero-order chi connectivity index (χ0) is 24.5. The third-order valence-corrected chi connectivity index (χ3v) is 6.25. The van der Waals surface area contributed by atoms with Crippen LogP contribution in [-0.4, -0.2) is 31.2 Å². The summed E-state index contributed by atoms with van der Waals surface area (Å²) in [6.07, 6.45) is -1.97. The Morgan fingerprint density at radius 1 is 1.09 bits per heavy atom. The molecule has 0 radical (unpaired) electrons. The topological polar surface area (TPSA) is 59.7 Å². The van der Waals surface area contributed by atoms with Crippen LogP contribution in [0.1, 0.15) is 59.1 Å². The highest BCUT2D eigenvalue weighted by atomic mass is 32.1. The lowest BCUT2D eigenvalue weighted by Crippen LogP contribution is -2.30. The number of thiocarbonyl (C=S) groups is 1. The zero-order valence-electron chi connectivity index (χ0n) is 19.5. The van der Waals surface area contributed by atoms with E-state index in [9.17, 15) is 13.2 Å². The van der Waals surface area contributed by atoms with Crippen molar-refractivity contribution < 1.29 is 13.2 Å². The molecule has 1 aliphatic carbocycles. The van der Waals surface area contributed by atoms with Gasteiger partial charge in [0.2, 0.25) is 0 Å². The van der Waals surface area contributed by atoms with Gasteiger partial charge in [-0.3, -0.25) is 9.36 Å². The highest BCUT2D eigenvalue weighted by Gasteiger charge is 2.37. The van der Waals surface area contributed by atoms with Gasteiger partial charge < -0.3 is 10.6 Å². The first-order valence-corrected chi connectivity index (χ1v) is 11.8. The maximum Gasteiger partial charge on any atom is 0.435 e. The molecule has 0 amide bonds. The van der Waals surface area contributed by atoms with E-state index in [2.05, 4.69) is 52.0 Å². The molecular formula is C24H29F3N6S. The van der Waals surface area contributed by atoms with Crippen molar-refractivity contribution in [1.29, 1.82) is 0 Å². The second-order valence-corrected chi connectivity index (χ2v) is 9.28. The normalized spacial score (nSPS) is 13.8. The summed E-state index contributed by atoms with van der Waals surface area (Å²) in [5.41, 5.74) is 4.94. The van der Waals surface area contributed by atoms with Gasteiger partial charge in [0.1, 0.15) is 0 Å². The number of hydrogen-bond donors (Lipinski definition) is 2. The van der Waals surface area contributed by atoms with E-state index in [1.54, 1.807) is 0 Å². The molecule has 34 heavy (non-hydrogen) atoms. The van der Waals surface area contributed by atoms with Gasteiger partial charge in [-0.1, -0.05) is 29.8 Å². The van der Waals surface area contributed by atoms with Crippen LogP contribution in [0.15, 0.2) is 30.3 Å². The predicted molar refractivity (Wildman–Crippen MR) is 130 cm³/mol. The summed E-state index contributed by atoms with van der Waals surface area (Å²) in [6.45, 7) is 7.58. The average Bonchev–Trinajstić information content (AvgIpc) is 3.47. The quantitative estimate of drug-likeness (QED) is 0.330. The molecule has 2 N–H and O–H groups in total. The maximum atomic E-state index is 13.1. The van der Waals surface area contributed by atoms with Crippen LogP contribution < -0.4 is 10.6 Å². The van der Waals surface area contributed by atoms with Crippen LogP contribution >= 0.6 is 12.2 Å². The van der Waals surface area contributed by atoms with Crippen molar-refractivity contribution in [2.24, 2.45) is 0 Å². The standard InChI is InChI=1S/C24H29F3N6S/c1-15-5-7-18(8-6-15)14-33-17(3)22(16(2)30-33)29-23(34)28-11-4-12-32-20(19-9-10-19)13-21(31-32)24(25,26)27/h5-8,13,19H,4,9-12,14H2,1-3H3,(H2,28,29,34).